The summed E-state index contributed by atoms with van der Waals surface area (Å²) in [5, 5.41) is 5.21. The number of rotatable bonds is 0. The number of nitrogens with zero attached hydrogens (tertiary/aromatic N) is 3. The zero-order valence-electron chi connectivity index (χ0n) is 7.12. The number of aromatic nitrogens is 3. The van der Waals surface area contributed by atoms with Crippen LogP contribution in [0.1, 0.15) is 0 Å². The fourth-order valence-corrected chi connectivity index (χ4v) is 1.47. The van der Waals surface area contributed by atoms with Crippen LogP contribution in [-0.4, -0.2) is 14.6 Å². The molecule has 0 unspecified atom stereocenters. The number of hydrogen-bond acceptors (Lipinski definition) is 2. The van der Waals surface area contributed by atoms with E-state index in [1.165, 1.54) is 0 Å². The van der Waals surface area contributed by atoms with E-state index in [0.717, 1.165) is 16.4 Å². The van der Waals surface area contributed by atoms with Crippen LogP contribution in [0.25, 0.3) is 16.4 Å². The minimum absolute atomic E-state index is 0. The summed E-state index contributed by atoms with van der Waals surface area (Å²) in [5.74, 6) is 0. The second kappa shape index (κ2) is 3.50. The van der Waals surface area contributed by atoms with Crippen LogP contribution < -0.4 is 0 Å². The molecule has 0 bridgehead atoms. The fourth-order valence-electron chi connectivity index (χ4n) is 1.47. The van der Waals surface area contributed by atoms with Gasteiger partial charge in [0.05, 0.1) is 0 Å². The predicted octanol–water partition coefficient (Wildman–Crippen LogP) is 1.68. The van der Waals surface area contributed by atoms with Gasteiger partial charge in [-0.1, -0.05) is 28.6 Å². The third-order valence-corrected chi connectivity index (χ3v) is 2.07. The van der Waals surface area contributed by atoms with E-state index in [-0.39, 0.29) is 21.1 Å². The van der Waals surface area contributed by atoms with E-state index in [0.29, 0.717) is 0 Å². The number of hydrogen-bond donors (Lipinski definition) is 0. The van der Waals surface area contributed by atoms with Gasteiger partial charge in [-0.05, 0) is 12.3 Å². The average molecular weight is 363 g/mol. The molecule has 3 aromatic heterocycles. The van der Waals surface area contributed by atoms with Gasteiger partial charge in [-0.15, -0.1) is 0 Å². The molecular formula is C10H6N3Pt-. The largest absolute Gasteiger partial charge is 0.349 e. The van der Waals surface area contributed by atoms with Crippen LogP contribution >= 0.6 is 0 Å². The molecule has 0 fully saturated rings. The van der Waals surface area contributed by atoms with Crippen molar-refractivity contribution in [2.45, 2.75) is 0 Å². The van der Waals surface area contributed by atoms with Crippen molar-refractivity contribution < 1.29 is 21.1 Å². The predicted molar refractivity (Wildman–Crippen MR) is 49.3 cm³/mol. The Morgan fingerprint density at radius 3 is 3.14 bits per heavy atom. The summed E-state index contributed by atoms with van der Waals surface area (Å²) in [5.41, 5.74) is 1.88. The maximum Gasteiger partial charge on any atom is 0.0246 e. The second-order valence-electron chi connectivity index (χ2n) is 2.84. The molecule has 3 heterocycles. The first-order chi connectivity index (χ1) is 6.45. The molecule has 0 aliphatic rings. The molecule has 0 N–H and O–H groups in total. The van der Waals surface area contributed by atoms with Gasteiger partial charge in [0.1, 0.15) is 0 Å². The van der Waals surface area contributed by atoms with Gasteiger partial charge in [0, 0.05) is 33.5 Å². The van der Waals surface area contributed by atoms with Gasteiger partial charge in [0.25, 0.3) is 0 Å². The van der Waals surface area contributed by atoms with Gasteiger partial charge in [0.15, 0.2) is 0 Å². The first kappa shape index (κ1) is 9.35. The molecule has 3 rings (SSSR count). The van der Waals surface area contributed by atoms with Crippen molar-refractivity contribution in [2.75, 3.05) is 0 Å². The molecule has 3 aromatic rings. The molecule has 0 amide bonds. The number of fused-ring (bicyclic) bond motifs is 3. The standard InChI is InChI=1S/C10H6N3.Pt/c1-2-8-4-7-13-9(3-6-12-13)10(8)11-5-1;/h1-2,4-7H;/q-1;. The first-order valence-corrected chi connectivity index (χ1v) is 4.04. The number of pyridine rings is 2. The van der Waals surface area contributed by atoms with Gasteiger partial charge in [0.2, 0.25) is 0 Å². The minimum atomic E-state index is 0. The van der Waals surface area contributed by atoms with E-state index in [2.05, 4.69) is 16.1 Å². The van der Waals surface area contributed by atoms with Crippen LogP contribution in [0.2, 0.25) is 0 Å². The van der Waals surface area contributed by atoms with Crippen molar-refractivity contribution in [3.63, 3.8) is 0 Å². The first-order valence-electron chi connectivity index (χ1n) is 4.04. The van der Waals surface area contributed by atoms with E-state index in [9.17, 15) is 0 Å². The SMILES string of the molecule is [Pt].[c-]1cnn2ccc3cccnc3c12. The molecule has 0 aromatic carbocycles. The van der Waals surface area contributed by atoms with E-state index in [1.54, 1.807) is 16.9 Å². The molecule has 4 heteroatoms. The smallest absolute Gasteiger partial charge is 0.0246 e. The summed E-state index contributed by atoms with van der Waals surface area (Å²) in [6.45, 7) is 0. The molecule has 0 saturated carbocycles. The van der Waals surface area contributed by atoms with Gasteiger partial charge in [-0.2, -0.15) is 5.10 Å². The van der Waals surface area contributed by atoms with Crippen molar-refractivity contribution in [3.8, 4) is 0 Å². The molecule has 72 valence electrons. The zero-order chi connectivity index (χ0) is 8.67. The van der Waals surface area contributed by atoms with Crippen molar-refractivity contribution in [2.24, 2.45) is 0 Å². The van der Waals surface area contributed by atoms with E-state index >= 15 is 0 Å². The van der Waals surface area contributed by atoms with Crippen molar-refractivity contribution in [3.05, 3.63) is 42.9 Å². The molecule has 0 aliphatic heterocycles. The van der Waals surface area contributed by atoms with Crippen LogP contribution in [0, 0.1) is 6.07 Å². The average Bonchev–Trinajstić information content (AvgIpc) is 2.65. The summed E-state index contributed by atoms with van der Waals surface area (Å²) in [4.78, 5) is 4.29. The third-order valence-electron chi connectivity index (χ3n) is 2.07. The maximum atomic E-state index is 4.29. The topological polar surface area (TPSA) is 30.2 Å². The van der Waals surface area contributed by atoms with Crippen molar-refractivity contribution in [1.29, 1.82) is 0 Å². The third kappa shape index (κ3) is 1.25. The quantitative estimate of drug-likeness (QED) is 0.569. The van der Waals surface area contributed by atoms with Gasteiger partial charge in [-0.25, -0.2) is 6.07 Å². The van der Waals surface area contributed by atoms with Gasteiger partial charge >= 0.3 is 0 Å². The molecule has 0 spiro atoms. The maximum absolute atomic E-state index is 4.29. The zero-order valence-corrected chi connectivity index (χ0v) is 9.39. The van der Waals surface area contributed by atoms with E-state index in [4.69, 9.17) is 0 Å². The summed E-state index contributed by atoms with van der Waals surface area (Å²) in [6.07, 6.45) is 5.35. The van der Waals surface area contributed by atoms with Crippen molar-refractivity contribution in [1.82, 2.24) is 14.6 Å². The van der Waals surface area contributed by atoms with Crippen LogP contribution in [-0.2, 0) is 21.1 Å². The fraction of sp³-hybridized carbons (Fsp3) is 0. The Bertz CT molecular complexity index is 573. The summed E-state index contributed by atoms with van der Waals surface area (Å²) < 4.78 is 1.77. The second-order valence-corrected chi connectivity index (χ2v) is 2.84. The van der Waals surface area contributed by atoms with Crippen LogP contribution in [0.4, 0.5) is 0 Å². The van der Waals surface area contributed by atoms with Gasteiger partial charge in [-0.3, -0.25) is 4.52 Å². The summed E-state index contributed by atoms with van der Waals surface area (Å²) in [6, 6.07) is 9.00. The molecular weight excluding hydrogens is 357 g/mol. The Hall–Kier alpha value is -1.21. The normalized spacial score (nSPS) is 10.3. The van der Waals surface area contributed by atoms with E-state index < -0.39 is 0 Å². The van der Waals surface area contributed by atoms with Crippen LogP contribution in [0.3, 0.4) is 0 Å². The molecule has 0 radical (unpaired) electrons. The Balaban J connectivity index is 0.000000750. The van der Waals surface area contributed by atoms with Crippen LogP contribution in [0.15, 0.2) is 36.8 Å². The molecule has 0 atom stereocenters. The molecule has 3 nitrogen and oxygen atoms in total. The monoisotopic (exact) mass is 363 g/mol. The Labute approximate surface area is 95.0 Å². The van der Waals surface area contributed by atoms with E-state index in [1.807, 2.05) is 24.4 Å². The van der Waals surface area contributed by atoms with Crippen LogP contribution in [0.5, 0.6) is 0 Å². The van der Waals surface area contributed by atoms with Gasteiger partial charge < -0.3 is 4.98 Å². The Morgan fingerprint density at radius 1 is 1.29 bits per heavy atom. The minimum Gasteiger partial charge on any atom is -0.349 e. The van der Waals surface area contributed by atoms with Crippen molar-refractivity contribution >= 4 is 16.4 Å². The summed E-state index contributed by atoms with van der Waals surface area (Å²) >= 11 is 0. The Morgan fingerprint density at radius 2 is 2.21 bits per heavy atom. The summed E-state index contributed by atoms with van der Waals surface area (Å²) in [7, 11) is 0. The molecule has 0 aliphatic carbocycles. The Kier molecular flexibility index (Phi) is 2.34. The molecule has 0 saturated heterocycles. The molecule has 14 heavy (non-hydrogen) atoms.